The van der Waals surface area contributed by atoms with E-state index < -0.39 is 5.82 Å². The van der Waals surface area contributed by atoms with Crippen LogP contribution < -0.4 is 10.1 Å². The zero-order chi connectivity index (χ0) is 12.3. The van der Waals surface area contributed by atoms with Gasteiger partial charge >= 0.3 is 0 Å². The highest BCUT2D eigenvalue weighted by Crippen LogP contribution is 2.27. The van der Waals surface area contributed by atoms with Gasteiger partial charge in [0.2, 0.25) is 5.88 Å². The van der Waals surface area contributed by atoms with Gasteiger partial charge in [0.15, 0.2) is 5.82 Å². The SMILES string of the molecule is CNC(c1ccco1)c1ccnc(OC)c1F. The van der Waals surface area contributed by atoms with Crippen LogP contribution in [0.2, 0.25) is 0 Å². The minimum absolute atomic E-state index is 0.0192. The first-order valence-corrected chi connectivity index (χ1v) is 5.17. The van der Waals surface area contributed by atoms with Gasteiger partial charge in [-0.1, -0.05) is 0 Å². The van der Waals surface area contributed by atoms with Crippen molar-refractivity contribution in [3.8, 4) is 5.88 Å². The van der Waals surface area contributed by atoms with E-state index in [1.165, 1.54) is 13.3 Å². The van der Waals surface area contributed by atoms with Crippen LogP contribution >= 0.6 is 0 Å². The van der Waals surface area contributed by atoms with E-state index in [0.717, 1.165) is 0 Å². The lowest BCUT2D eigenvalue weighted by atomic mass is 10.1. The van der Waals surface area contributed by atoms with E-state index >= 15 is 0 Å². The summed E-state index contributed by atoms with van der Waals surface area (Å²) in [4.78, 5) is 3.80. The minimum Gasteiger partial charge on any atom is -0.479 e. The van der Waals surface area contributed by atoms with Gasteiger partial charge in [0.25, 0.3) is 0 Å². The molecule has 0 bridgehead atoms. The van der Waals surface area contributed by atoms with E-state index in [2.05, 4.69) is 10.3 Å². The van der Waals surface area contributed by atoms with Crippen molar-refractivity contribution in [2.45, 2.75) is 6.04 Å². The quantitative estimate of drug-likeness (QED) is 0.883. The second-order valence-electron chi connectivity index (χ2n) is 3.46. The van der Waals surface area contributed by atoms with Crippen LogP contribution in [0.3, 0.4) is 0 Å². The number of rotatable bonds is 4. The molecular formula is C12H13FN2O2. The van der Waals surface area contributed by atoms with Crippen LogP contribution in [0, 0.1) is 5.82 Å². The van der Waals surface area contributed by atoms with Crippen molar-refractivity contribution in [3.63, 3.8) is 0 Å². The highest BCUT2D eigenvalue weighted by Gasteiger charge is 2.21. The molecule has 1 atom stereocenters. The molecule has 0 spiro atoms. The molecule has 2 aromatic rings. The lowest BCUT2D eigenvalue weighted by molar-refractivity contribution is 0.362. The van der Waals surface area contributed by atoms with Gasteiger partial charge in [-0.15, -0.1) is 0 Å². The van der Waals surface area contributed by atoms with Crippen LogP contribution in [-0.2, 0) is 0 Å². The molecule has 0 radical (unpaired) electrons. The minimum atomic E-state index is -0.481. The molecule has 2 rings (SSSR count). The summed E-state index contributed by atoms with van der Waals surface area (Å²) in [5.41, 5.74) is 0.439. The molecule has 0 fully saturated rings. The highest BCUT2D eigenvalue weighted by atomic mass is 19.1. The van der Waals surface area contributed by atoms with E-state index in [0.29, 0.717) is 11.3 Å². The number of halogens is 1. The largest absolute Gasteiger partial charge is 0.479 e. The van der Waals surface area contributed by atoms with Crippen LogP contribution in [0.4, 0.5) is 4.39 Å². The Labute approximate surface area is 98.4 Å². The van der Waals surface area contributed by atoms with Gasteiger partial charge in [-0.3, -0.25) is 0 Å². The maximum absolute atomic E-state index is 14.0. The third-order valence-electron chi connectivity index (χ3n) is 2.51. The smallest absolute Gasteiger partial charge is 0.250 e. The number of hydrogen-bond acceptors (Lipinski definition) is 4. The standard InChI is InChI=1S/C12H13FN2O2/c1-14-11(9-4-3-7-17-9)8-5-6-15-12(16-2)10(8)13/h3-7,11,14H,1-2H3. The maximum atomic E-state index is 14.0. The summed E-state index contributed by atoms with van der Waals surface area (Å²) in [5, 5.41) is 3.00. The number of nitrogens with one attached hydrogen (secondary N) is 1. The molecule has 0 aliphatic rings. The van der Waals surface area contributed by atoms with E-state index in [4.69, 9.17) is 9.15 Å². The van der Waals surface area contributed by atoms with Crippen molar-refractivity contribution in [1.29, 1.82) is 0 Å². The second-order valence-corrected chi connectivity index (χ2v) is 3.46. The van der Waals surface area contributed by atoms with Crippen molar-refractivity contribution in [3.05, 3.63) is 47.8 Å². The van der Waals surface area contributed by atoms with Gasteiger partial charge in [0, 0.05) is 11.8 Å². The summed E-state index contributed by atoms with van der Waals surface area (Å²) in [6, 6.07) is 4.78. The van der Waals surface area contributed by atoms with Gasteiger partial charge in [-0.2, -0.15) is 0 Å². The lowest BCUT2D eigenvalue weighted by Crippen LogP contribution is -2.18. The summed E-state index contributed by atoms with van der Waals surface area (Å²) in [6.45, 7) is 0. The number of aromatic nitrogens is 1. The van der Waals surface area contributed by atoms with E-state index in [1.807, 2.05) is 0 Å². The fourth-order valence-electron chi connectivity index (χ4n) is 1.71. The number of furan rings is 1. The van der Waals surface area contributed by atoms with E-state index in [9.17, 15) is 4.39 Å². The Kier molecular flexibility index (Phi) is 3.39. The lowest BCUT2D eigenvalue weighted by Gasteiger charge is -2.15. The van der Waals surface area contributed by atoms with Crippen molar-refractivity contribution in [1.82, 2.24) is 10.3 Å². The summed E-state index contributed by atoms with van der Waals surface area (Å²) in [7, 11) is 3.12. The molecule has 1 N–H and O–H groups in total. The molecule has 0 aromatic carbocycles. The number of ether oxygens (including phenoxy) is 1. The number of hydrogen-bond donors (Lipinski definition) is 1. The number of nitrogens with zero attached hydrogens (tertiary/aromatic N) is 1. The fraction of sp³-hybridized carbons (Fsp3) is 0.250. The van der Waals surface area contributed by atoms with Gasteiger partial charge in [-0.05, 0) is 25.2 Å². The Balaban J connectivity index is 2.44. The molecule has 0 saturated carbocycles. The Morgan fingerprint density at radius 3 is 2.88 bits per heavy atom. The summed E-state index contributed by atoms with van der Waals surface area (Å²) >= 11 is 0. The first-order valence-electron chi connectivity index (χ1n) is 5.17. The normalized spacial score (nSPS) is 12.4. The molecule has 90 valence electrons. The zero-order valence-corrected chi connectivity index (χ0v) is 9.61. The topological polar surface area (TPSA) is 47.3 Å². The molecule has 2 heterocycles. The monoisotopic (exact) mass is 236 g/mol. The van der Waals surface area contributed by atoms with E-state index in [-0.39, 0.29) is 11.9 Å². The molecule has 0 amide bonds. The average Bonchev–Trinajstić information content (AvgIpc) is 2.86. The predicted octanol–water partition coefficient (Wildman–Crippen LogP) is 2.13. The Hall–Kier alpha value is -1.88. The highest BCUT2D eigenvalue weighted by molar-refractivity contribution is 5.31. The van der Waals surface area contributed by atoms with Crippen LogP contribution in [0.25, 0.3) is 0 Å². The maximum Gasteiger partial charge on any atom is 0.250 e. The molecule has 5 heteroatoms. The first kappa shape index (κ1) is 11.6. The Morgan fingerprint density at radius 2 is 2.29 bits per heavy atom. The van der Waals surface area contributed by atoms with E-state index in [1.54, 1.807) is 31.5 Å². The van der Waals surface area contributed by atoms with Crippen molar-refractivity contribution >= 4 is 0 Å². The summed E-state index contributed by atoms with van der Waals surface area (Å²) < 4.78 is 24.2. The third-order valence-corrected chi connectivity index (χ3v) is 2.51. The summed E-state index contributed by atoms with van der Waals surface area (Å²) in [5.74, 6) is 0.139. The van der Waals surface area contributed by atoms with Gasteiger partial charge < -0.3 is 14.5 Å². The molecule has 17 heavy (non-hydrogen) atoms. The zero-order valence-electron chi connectivity index (χ0n) is 9.61. The second kappa shape index (κ2) is 4.97. The molecule has 1 unspecified atom stereocenters. The Morgan fingerprint density at radius 1 is 1.47 bits per heavy atom. The number of methoxy groups -OCH3 is 1. The van der Waals surface area contributed by atoms with Gasteiger partial charge in [-0.25, -0.2) is 9.37 Å². The molecule has 0 saturated heterocycles. The van der Waals surface area contributed by atoms with Crippen LogP contribution in [-0.4, -0.2) is 19.1 Å². The predicted molar refractivity (Wildman–Crippen MR) is 60.4 cm³/mol. The first-order chi connectivity index (χ1) is 8.27. The van der Waals surface area contributed by atoms with Crippen LogP contribution in [0.5, 0.6) is 5.88 Å². The molecular weight excluding hydrogens is 223 g/mol. The third kappa shape index (κ3) is 2.14. The average molecular weight is 236 g/mol. The van der Waals surface area contributed by atoms with Crippen molar-refractivity contribution in [2.24, 2.45) is 0 Å². The van der Waals surface area contributed by atoms with Gasteiger partial charge in [0.1, 0.15) is 5.76 Å². The van der Waals surface area contributed by atoms with Gasteiger partial charge in [0.05, 0.1) is 19.4 Å². The van der Waals surface area contributed by atoms with Crippen molar-refractivity contribution < 1.29 is 13.5 Å². The van der Waals surface area contributed by atoms with Crippen molar-refractivity contribution in [2.75, 3.05) is 14.2 Å². The molecule has 0 aliphatic heterocycles. The fourth-order valence-corrected chi connectivity index (χ4v) is 1.71. The Bertz CT molecular complexity index is 485. The molecule has 0 aliphatic carbocycles. The summed E-state index contributed by atoms with van der Waals surface area (Å²) in [6.07, 6.45) is 3.06. The molecule has 4 nitrogen and oxygen atoms in total. The number of pyridine rings is 1. The molecule has 2 aromatic heterocycles. The van der Waals surface area contributed by atoms with Crippen LogP contribution in [0.15, 0.2) is 35.1 Å². The van der Waals surface area contributed by atoms with Crippen LogP contribution in [0.1, 0.15) is 17.4 Å².